The van der Waals surface area contributed by atoms with Crippen molar-refractivity contribution in [3.8, 4) is 0 Å². The van der Waals surface area contributed by atoms with Gasteiger partial charge in [0.25, 0.3) is 0 Å². The molecule has 0 N–H and O–H groups in total. The molecule has 0 atom stereocenters. The Labute approximate surface area is 125 Å². The zero-order valence-corrected chi connectivity index (χ0v) is 13.4. The van der Waals surface area contributed by atoms with Crippen LogP contribution in [0.2, 0.25) is 0 Å². The van der Waals surface area contributed by atoms with E-state index in [1.54, 1.807) is 0 Å². The van der Waals surface area contributed by atoms with Crippen LogP contribution in [-0.4, -0.2) is 73.1 Å². The second-order valence-corrected chi connectivity index (χ2v) is 7.25. The highest BCUT2D eigenvalue weighted by molar-refractivity contribution is 4.85. The van der Waals surface area contributed by atoms with E-state index in [4.69, 9.17) is 0 Å². The number of likely N-dealkylation sites (N-methyl/N-ethyl adjacent to an activating group) is 1. The van der Waals surface area contributed by atoms with Crippen LogP contribution in [0.3, 0.4) is 0 Å². The van der Waals surface area contributed by atoms with Gasteiger partial charge in [0.05, 0.1) is 0 Å². The third-order valence-corrected chi connectivity index (χ3v) is 5.89. The Bertz CT molecular complexity index is 270. The fourth-order valence-corrected chi connectivity index (χ4v) is 4.43. The van der Waals surface area contributed by atoms with Crippen molar-refractivity contribution in [2.24, 2.45) is 0 Å². The molecule has 3 nitrogen and oxygen atoms in total. The standard InChI is InChI=1S/C17H33N3/c1-18-12-14-20(15-13-18)17-8-10-19(11-9-17)16-6-4-2-3-5-7-16/h16-17H,2-15H2,1H3. The van der Waals surface area contributed by atoms with Crippen molar-refractivity contribution >= 4 is 0 Å². The summed E-state index contributed by atoms with van der Waals surface area (Å²) in [6, 6.07) is 1.80. The molecule has 0 radical (unpaired) electrons. The molecule has 116 valence electrons. The number of hydrogen-bond donors (Lipinski definition) is 0. The average Bonchev–Trinajstić information content (AvgIpc) is 2.77. The van der Waals surface area contributed by atoms with Crippen LogP contribution in [0.4, 0.5) is 0 Å². The summed E-state index contributed by atoms with van der Waals surface area (Å²) in [4.78, 5) is 8.07. The summed E-state index contributed by atoms with van der Waals surface area (Å²) >= 11 is 0. The highest BCUT2D eigenvalue weighted by Crippen LogP contribution is 2.26. The molecular weight excluding hydrogens is 246 g/mol. The Morgan fingerprint density at radius 2 is 1.05 bits per heavy atom. The van der Waals surface area contributed by atoms with Gasteiger partial charge in [0.2, 0.25) is 0 Å². The van der Waals surface area contributed by atoms with E-state index in [9.17, 15) is 0 Å². The molecule has 2 saturated heterocycles. The summed E-state index contributed by atoms with van der Waals surface area (Å²) in [5.74, 6) is 0. The van der Waals surface area contributed by atoms with Gasteiger partial charge in [-0.05, 0) is 45.8 Å². The largest absolute Gasteiger partial charge is 0.304 e. The van der Waals surface area contributed by atoms with Crippen LogP contribution in [0, 0.1) is 0 Å². The Kier molecular flexibility index (Phi) is 5.36. The smallest absolute Gasteiger partial charge is 0.0121 e. The molecular formula is C17H33N3. The molecule has 0 bridgehead atoms. The molecule has 3 fully saturated rings. The summed E-state index contributed by atoms with van der Waals surface area (Å²) in [5.41, 5.74) is 0. The second kappa shape index (κ2) is 7.24. The van der Waals surface area contributed by atoms with Crippen LogP contribution >= 0.6 is 0 Å². The second-order valence-electron chi connectivity index (χ2n) is 7.25. The molecule has 1 aliphatic carbocycles. The van der Waals surface area contributed by atoms with Crippen molar-refractivity contribution < 1.29 is 0 Å². The summed E-state index contributed by atoms with van der Waals surface area (Å²) < 4.78 is 0. The third kappa shape index (κ3) is 3.75. The van der Waals surface area contributed by atoms with E-state index in [2.05, 4.69) is 21.7 Å². The maximum atomic E-state index is 2.83. The quantitative estimate of drug-likeness (QED) is 0.719. The lowest BCUT2D eigenvalue weighted by Crippen LogP contribution is -2.53. The Morgan fingerprint density at radius 1 is 0.550 bits per heavy atom. The lowest BCUT2D eigenvalue weighted by molar-refractivity contribution is 0.0512. The maximum absolute atomic E-state index is 2.83. The minimum absolute atomic E-state index is 0.880. The van der Waals surface area contributed by atoms with Crippen molar-refractivity contribution in [2.45, 2.75) is 63.5 Å². The van der Waals surface area contributed by atoms with Crippen LogP contribution in [0.15, 0.2) is 0 Å². The molecule has 0 aromatic heterocycles. The van der Waals surface area contributed by atoms with E-state index in [1.165, 1.54) is 90.6 Å². The van der Waals surface area contributed by atoms with Gasteiger partial charge < -0.3 is 9.80 Å². The van der Waals surface area contributed by atoms with Gasteiger partial charge in [-0.2, -0.15) is 0 Å². The predicted octanol–water partition coefficient (Wildman–Crippen LogP) is 2.42. The van der Waals surface area contributed by atoms with E-state index in [0.717, 1.165) is 12.1 Å². The molecule has 0 spiro atoms. The first-order chi connectivity index (χ1) is 9.83. The van der Waals surface area contributed by atoms with Crippen LogP contribution in [-0.2, 0) is 0 Å². The molecule has 3 aliphatic rings. The molecule has 2 aliphatic heterocycles. The van der Waals surface area contributed by atoms with Gasteiger partial charge >= 0.3 is 0 Å². The van der Waals surface area contributed by atoms with Gasteiger partial charge in [0.15, 0.2) is 0 Å². The minimum Gasteiger partial charge on any atom is -0.304 e. The summed E-state index contributed by atoms with van der Waals surface area (Å²) in [5, 5.41) is 0. The molecule has 0 amide bonds. The highest BCUT2D eigenvalue weighted by Gasteiger charge is 2.29. The SMILES string of the molecule is CN1CCN(C2CCN(C3CCCCCC3)CC2)CC1. The van der Waals surface area contributed by atoms with Gasteiger partial charge in [-0.15, -0.1) is 0 Å². The Morgan fingerprint density at radius 3 is 1.65 bits per heavy atom. The van der Waals surface area contributed by atoms with Gasteiger partial charge in [-0.3, -0.25) is 4.90 Å². The minimum atomic E-state index is 0.880. The first kappa shape index (κ1) is 14.8. The monoisotopic (exact) mass is 279 g/mol. The fourth-order valence-electron chi connectivity index (χ4n) is 4.43. The van der Waals surface area contributed by atoms with Crippen LogP contribution < -0.4 is 0 Å². The predicted molar refractivity (Wildman–Crippen MR) is 85.2 cm³/mol. The average molecular weight is 279 g/mol. The number of piperazine rings is 1. The van der Waals surface area contributed by atoms with Crippen LogP contribution in [0.25, 0.3) is 0 Å². The molecule has 0 aromatic carbocycles. The van der Waals surface area contributed by atoms with Gasteiger partial charge in [0.1, 0.15) is 0 Å². The molecule has 3 heteroatoms. The summed E-state index contributed by atoms with van der Waals surface area (Å²) in [7, 11) is 2.26. The molecule has 20 heavy (non-hydrogen) atoms. The third-order valence-electron chi connectivity index (χ3n) is 5.89. The number of nitrogens with zero attached hydrogens (tertiary/aromatic N) is 3. The molecule has 1 saturated carbocycles. The fraction of sp³-hybridized carbons (Fsp3) is 1.00. The Balaban J connectivity index is 1.44. The lowest BCUT2D eigenvalue weighted by atomic mass is 9.98. The number of piperidine rings is 1. The van der Waals surface area contributed by atoms with Crippen LogP contribution in [0.5, 0.6) is 0 Å². The van der Waals surface area contributed by atoms with E-state index in [0.29, 0.717) is 0 Å². The lowest BCUT2D eigenvalue weighted by Gasteiger charge is -2.44. The number of rotatable bonds is 2. The topological polar surface area (TPSA) is 9.72 Å². The number of hydrogen-bond acceptors (Lipinski definition) is 3. The van der Waals surface area contributed by atoms with Crippen molar-refractivity contribution in [3.05, 3.63) is 0 Å². The normalized spacial score (nSPS) is 30.4. The van der Waals surface area contributed by atoms with Crippen molar-refractivity contribution in [3.63, 3.8) is 0 Å². The first-order valence-electron chi connectivity index (χ1n) is 8.99. The summed E-state index contributed by atoms with van der Waals surface area (Å²) in [6.45, 7) is 7.85. The highest BCUT2D eigenvalue weighted by atomic mass is 15.3. The molecule has 0 aromatic rings. The van der Waals surface area contributed by atoms with Gasteiger partial charge in [-0.1, -0.05) is 25.7 Å². The van der Waals surface area contributed by atoms with Gasteiger partial charge in [0, 0.05) is 38.3 Å². The Hall–Kier alpha value is -0.120. The molecule has 0 unspecified atom stereocenters. The van der Waals surface area contributed by atoms with Crippen molar-refractivity contribution in [1.82, 2.24) is 14.7 Å². The van der Waals surface area contributed by atoms with E-state index in [1.807, 2.05) is 0 Å². The van der Waals surface area contributed by atoms with Gasteiger partial charge in [-0.25, -0.2) is 0 Å². The van der Waals surface area contributed by atoms with Crippen LogP contribution in [0.1, 0.15) is 51.4 Å². The molecule has 3 rings (SSSR count). The van der Waals surface area contributed by atoms with Crippen molar-refractivity contribution in [1.29, 1.82) is 0 Å². The van der Waals surface area contributed by atoms with E-state index < -0.39 is 0 Å². The summed E-state index contributed by atoms with van der Waals surface area (Å²) in [6.07, 6.45) is 11.7. The van der Waals surface area contributed by atoms with E-state index >= 15 is 0 Å². The van der Waals surface area contributed by atoms with E-state index in [-0.39, 0.29) is 0 Å². The zero-order chi connectivity index (χ0) is 13.8. The zero-order valence-electron chi connectivity index (χ0n) is 13.4. The number of likely N-dealkylation sites (tertiary alicyclic amines) is 1. The maximum Gasteiger partial charge on any atom is 0.0121 e. The van der Waals surface area contributed by atoms with Crippen molar-refractivity contribution in [2.75, 3.05) is 46.3 Å². The first-order valence-corrected chi connectivity index (χ1v) is 8.99. The molecule has 2 heterocycles.